The van der Waals surface area contributed by atoms with Crippen molar-refractivity contribution in [2.75, 3.05) is 26.9 Å². The van der Waals surface area contributed by atoms with Crippen molar-refractivity contribution in [2.24, 2.45) is 11.7 Å². The van der Waals surface area contributed by atoms with Gasteiger partial charge in [0.05, 0.1) is 17.7 Å². The quantitative estimate of drug-likeness (QED) is 0.364. The van der Waals surface area contributed by atoms with Crippen molar-refractivity contribution in [3.05, 3.63) is 35.3 Å². The van der Waals surface area contributed by atoms with Crippen LogP contribution < -0.4 is 11.1 Å². The third-order valence-corrected chi connectivity index (χ3v) is 5.72. The maximum atomic E-state index is 13.2. The number of fused-ring (bicyclic) bond motifs is 4. The van der Waals surface area contributed by atoms with Gasteiger partial charge in [0.15, 0.2) is 11.5 Å². The van der Waals surface area contributed by atoms with Gasteiger partial charge in [0.2, 0.25) is 11.6 Å². The summed E-state index contributed by atoms with van der Waals surface area (Å²) < 4.78 is 16.4. The Morgan fingerprint density at radius 3 is 2.81 bits per heavy atom. The number of primary amides is 1. The molecule has 4 unspecified atom stereocenters. The number of hydrogen-bond donors (Lipinski definition) is 2. The Labute approximate surface area is 155 Å². The minimum atomic E-state index is -0.982. The van der Waals surface area contributed by atoms with E-state index in [2.05, 4.69) is 11.9 Å². The van der Waals surface area contributed by atoms with Crippen LogP contribution in [0.15, 0.2) is 35.3 Å². The van der Waals surface area contributed by atoms with E-state index in [0.717, 1.165) is 0 Å². The van der Waals surface area contributed by atoms with Crippen molar-refractivity contribution in [3.63, 3.8) is 0 Å². The number of nitrogens with zero attached hydrogens (tertiary/aromatic N) is 1. The molecule has 9 nitrogen and oxygen atoms in total. The smallest absolute Gasteiger partial charge is 0.404 e. The Morgan fingerprint density at radius 2 is 2.19 bits per heavy atom. The second kappa shape index (κ2) is 5.93. The number of nitrogens with two attached hydrogens (primary N) is 1. The van der Waals surface area contributed by atoms with Gasteiger partial charge in [-0.1, -0.05) is 12.7 Å². The van der Waals surface area contributed by atoms with Crippen LogP contribution in [0.3, 0.4) is 0 Å². The largest absolute Gasteiger partial charge is 0.485 e. The number of rotatable bonds is 6. The first kappa shape index (κ1) is 17.7. The molecule has 0 aromatic carbocycles. The van der Waals surface area contributed by atoms with Crippen LogP contribution in [0.4, 0.5) is 4.79 Å². The highest BCUT2D eigenvalue weighted by atomic mass is 16.6. The third kappa shape index (κ3) is 2.21. The van der Waals surface area contributed by atoms with Crippen molar-refractivity contribution >= 4 is 17.7 Å². The fourth-order valence-electron chi connectivity index (χ4n) is 4.58. The molecule has 3 aliphatic heterocycles. The SMILES string of the molecule is C=CCOC1=C(C)C(=O)C2=C(C1=O)C(COC(N)=O)C1(OC)C3NC3CN21. The summed E-state index contributed by atoms with van der Waals surface area (Å²) in [7, 11) is 1.52. The fourth-order valence-corrected chi connectivity index (χ4v) is 4.58. The highest BCUT2D eigenvalue weighted by molar-refractivity contribution is 6.25. The minimum Gasteiger partial charge on any atom is -0.485 e. The summed E-state index contributed by atoms with van der Waals surface area (Å²) in [4.78, 5) is 39.4. The number of piperazine rings is 1. The minimum absolute atomic E-state index is 0.00421. The van der Waals surface area contributed by atoms with Gasteiger partial charge in [0.25, 0.3) is 0 Å². The average Bonchev–Trinajstić information content (AvgIpc) is 3.24. The van der Waals surface area contributed by atoms with Gasteiger partial charge in [-0.05, 0) is 6.92 Å². The number of amides is 1. The summed E-state index contributed by atoms with van der Waals surface area (Å²) in [6.45, 7) is 5.59. The first-order valence-corrected chi connectivity index (χ1v) is 8.67. The molecule has 27 heavy (non-hydrogen) atoms. The molecule has 0 aromatic heterocycles. The zero-order chi connectivity index (χ0) is 19.5. The van der Waals surface area contributed by atoms with E-state index in [1.165, 1.54) is 13.2 Å². The number of ketones is 2. The molecule has 2 fully saturated rings. The number of carbonyl (C=O) groups excluding carboxylic acids is 3. The zero-order valence-electron chi connectivity index (χ0n) is 15.1. The van der Waals surface area contributed by atoms with Crippen LogP contribution in [0.2, 0.25) is 0 Å². The van der Waals surface area contributed by atoms with Gasteiger partial charge in [-0.25, -0.2) is 4.79 Å². The van der Waals surface area contributed by atoms with E-state index >= 15 is 0 Å². The van der Waals surface area contributed by atoms with Gasteiger partial charge in [0.1, 0.15) is 13.2 Å². The molecule has 3 N–H and O–H groups in total. The highest BCUT2D eigenvalue weighted by Gasteiger charge is 2.72. The molecule has 4 aliphatic rings. The molecule has 1 aliphatic carbocycles. The maximum absolute atomic E-state index is 13.2. The molecular weight excluding hydrogens is 354 g/mol. The first-order valence-electron chi connectivity index (χ1n) is 8.67. The Hall–Kier alpha value is -2.65. The molecule has 2 saturated heterocycles. The Kier molecular flexibility index (Phi) is 3.90. The lowest BCUT2D eigenvalue weighted by Crippen LogP contribution is -2.55. The molecule has 4 atom stereocenters. The van der Waals surface area contributed by atoms with E-state index in [9.17, 15) is 14.4 Å². The lowest BCUT2D eigenvalue weighted by atomic mass is 9.83. The molecule has 0 saturated carbocycles. The number of methoxy groups -OCH3 is 1. The van der Waals surface area contributed by atoms with Gasteiger partial charge in [0, 0.05) is 30.8 Å². The molecule has 0 aromatic rings. The number of nitrogens with one attached hydrogen (secondary N) is 1. The lowest BCUT2D eigenvalue weighted by Gasteiger charge is -2.39. The van der Waals surface area contributed by atoms with Crippen LogP contribution in [0, 0.1) is 5.92 Å². The molecule has 0 spiro atoms. The molecule has 0 bridgehead atoms. The molecule has 1 amide bonds. The fraction of sp³-hybridized carbons (Fsp3) is 0.500. The van der Waals surface area contributed by atoms with Gasteiger partial charge >= 0.3 is 6.09 Å². The monoisotopic (exact) mass is 375 g/mol. The third-order valence-electron chi connectivity index (χ3n) is 5.72. The van der Waals surface area contributed by atoms with Gasteiger partial charge in [-0.3, -0.25) is 9.59 Å². The molecule has 144 valence electrons. The van der Waals surface area contributed by atoms with E-state index in [1.54, 1.807) is 6.92 Å². The summed E-state index contributed by atoms with van der Waals surface area (Å²) in [5.41, 5.74) is 4.96. The van der Waals surface area contributed by atoms with E-state index < -0.39 is 23.5 Å². The highest BCUT2D eigenvalue weighted by Crippen LogP contribution is 2.55. The van der Waals surface area contributed by atoms with E-state index in [1.807, 2.05) is 4.90 Å². The molecule has 4 rings (SSSR count). The Bertz CT molecular complexity index is 831. The summed E-state index contributed by atoms with van der Waals surface area (Å²) in [6.07, 6.45) is 0.544. The van der Waals surface area contributed by atoms with Crippen LogP contribution in [-0.2, 0) is 23.8 Å². The second-order valence-corrected chi connectivity index (χ2v) is 6.97. The predicted molar refractivity (Wildman–Crippen MR) is 92.1 cm³/mol. The number of carbonyl (C=O) groups is 3. The van der Waals surface area contributed by atoms with Gasteiger partial charge in [-0.15, -0.1) is 0 Å². The topological polar surface area (TPSA) is 130 Å². The summed E-state index contributed by atoms with van der Waals surface area (Å²) in [5.74, 6) is -1.35. The summed E-state index contributed by atoms with van der Waals surface area (Å²) in [5, 5.41) is 3.30. The van der Waals surface area contributed by atoms with Crippen molar-refractivity contribution < 1.29 is 28.6 Å². The number of hydrogen-bond acceptors (Lipinski definition) is 8. The first-order chi connectivity index (χ1) is 12.9. The predicted octanol–water partition coefficient (Wildman–Crippen LogP) is -0.407. The normalized spacial score (nSPS) is 33.7. The van der Waals surface area contributed by atoms with E-state index in [-0.39, 0.29) is 48.0 Å². The lowest BCUT2D eigenvalue weighted by molar-refractivity contribution is -0.137. The van der Waals surface area contributed by atoms with E-state index in [4.69, 9.17) is 19.9 Å². The average molecular weight is 375 g/mol. The van der Waals surface area contributed by atoms with Crippen molar-refractivity contribution in [1.82, 2.24) is 10.2 Å². The van der Waals surface area contributed by atoms with Crippen molar-refractivity contribution in [2.45, 2.75) is 24.7 Å². The van der Waals surface area contributed by atoms with E-state index in [0.29, 0.717) is 12.2 Å². The van der Waals surface area contributed by atoms with Crippen molar-refractivity contribution in [3.8, 4) is 0 Å². The van der Waals surface area contributed by atoms with Crippen LogP contribution in [0.1, 0.15) is 6.92 Å². The maximum Gasteiger partial charge on any atom is 0.404 e. The van der Waals surface area contributed by atoms with Gasteiger partial charge in [-0.2, -0.15) is 0 Å². The second-order valence-electron chi connectivity index (χ2n) is 6.97. The number of allylic oxidation sites excluding steroid dienone is 2. The number of Topliss-reactive ketones (excluding diaryl/α,β-unsaturated/α-hetero) is 2. The van der Waals surface area contributed by atoms with Crippen LogP contribution >= 0.6 is 0 Å². The van der Waals surface area contributed by atoms with Crippen molar-refractivity contribution in [1.29, 1.82) is 0 Å². The molecular formula is C18H21N3O6. The molecule has 9 heteroatoms. The Morgan fingerprint density at radius 1 is 1.44 bits per heavy atom. The van der Waals surface area contributed by atoms with Crippen LogP contribution in [-0.4, -0.2) is 67.2 Å². The molecule has 3 heterocycles. The van der Waals surface area contributed by atoms with Gasteiger partial charge < -0.3 is 30.2 Å². The van der Waals surface area contributed by atoms with Crippen LogP contribution in [0.5, 0.6) is 0 Å². The standard InChI is InChI=1S/C18H21N3O6/c1-4-5-26-15-8(2)13(22)12-11(14(15)23)9(7-27-17(19)24)18(25-3)16-10(20-16)6-21(12)18/h4,9-10,16,20H,1,5-7H2,2-3H3,(H2,19,24). The van der Waals surface area contributed by atoms with Crippen LogP contribution in [0.25, 0.3) is 0 Å². The number of ether oxygens (including phenoxy) is 3. The zero-order valence-corrected chi connectivity index (χ0v) is 15.1. The Balaban J connectivity index is 1.80. The molecule has 0 radical (unpaired) electrons. The summed E-state index contributed by atoms with van der Waals surface area (Å²) in [6, 6.07) is 0.0775. The summed E-state index contributed by atoms with van der Waals surface area (Å²) >= 11 is 0.